The van der Waals surface area contributed by atoms with Crippen molar-refractivity contribution in [3.05, 3.63) is 11.3 Å². The van der Waals surface area contributed by atoms with Crippen LogP contribution in [0, 0.1) is 6.92 Å². The second-order valence-electron chi connectivity index (χ2n) is 3.34. The minimum Gasteiger partial charge on any atom is -0.481 e. The highest BCUT2D eigenvalue weighted by Gasteiger charge is 2.25. The zero-order chi connectivity index (χ0) is 10.1. The maximum atomic E-state index is 5.36. The smallest absolute Gasteiger partial charge is 0.217 e. The van der Waals surface area contributed by atoms with E-state index in [9.17, 15) is 0 Å². The third kappa shape index (κ3) is 1.50. The molecule has 0 radical (unpaired) electrons. The number of hydrogen-bond acceptors (Lipinski definition) is 4. The van der Waals surface area contributed by atoms with Crippen LogP contribution in [-0.4, -0.2) is 29.2 Å². The van der Waals surface area contributed by atoms with Gasteiger partial charge < -0.3 is 10.1 Å². The van der Waals surface area contributed by atoms with E-state index in [0.29, 0.717) is 5.37 Å². The van der Waals surface area contributed by atoms with E-state index in [0.717, 1.165) is 23.9 Å². The molecule has 1 N–H and O–H groups in total. The number of hydrogen-bond donors (Lipinski definition) is 1. The number of nitrogens with zero attached hydrogens (tertiary/aromatic N) is 2. The monoisotopic (exact) mass is 213 g/mol. The normalized spacial score (nSPS) is 21.5. The summed E-state index contributed by atoms with van der Waals surface area (Å²) in [5.74, 6) is 2.02. The largest absolute Gasteiger partial charge is 0.481 e. The van der Waals surface area contributed by atoms with Gasteiger partial charge in [0.05, 0.1) is 23.7 Å². The van der Waals surface area contributed by atoms with Crippen molar-refractivity contribution in [3.63, 3.8) is 0 Å². The van der Waals surface area contributed by atoms with E-state index in [1.807, 2.05) is 25.7 Å². The summed E-state index contributed by atoms with van der Waals surface area (Å²) in [5, 5.41) is 8.14. The molecule has 1 fully saturated rings. The van der Waals surface area contributed by atoms with Crippen LogP contribution in [0.4, 0.5) is 0 Å². The van der Waals surface area contributed by atoms with E-state index in [4.69, 9.17) is 4.74 Å². The lowest BCUT2D eigenvalue weighted by molar-refractivity contribution is 0.368. The van der Waals surface area contributed by atoms with Gasteiger partial charge in [-0.05, 0) is 6.92 Å². The molecule has 0 aromatic carbocycles. The molecule has 1 atom stereocenters. The second-order valence-corrected chi connectivity index (χ2v) is 4.55. The molecule has 2 heterocycles. The van der Waals surface area contributed by atoms with Gasteiger partial charge in [-0.25, -0.2) is 4.68 Å². The van der Waals surface area contributed by atoms with Crippen molar-refractivity contribution in [1.82, 2.24) is 15.1 Å². The van der Waals surface area contributed by atoms with E-state index in [-0.39, 0.29) is 0 Å². The Morgan fingerprint density at radius 2 is 2.43 bits per heavy atom. The summed E-state index contributed by atoms with van der Waals surface area (Å²) in [5.41, 5.74) is 2.24. The van der Waals surface area contributed by atoms with Crippen molar-refractivity contribution in [2.45, 2.75) is 12.3 Å². The Morgan fingerprint density at radius 1 is 1.64 bits per heavy atom. The molecular formula is C9H15N3OS. The minimum atomic E-state index is 0.346. The van der Waals surface area contributed by atoms with E-state index < -0.39 is 0 Å². The number of aromatic nitrogens is 2. The van der Waals surface area contributed by atoms with Crippen molar-refractivity contribution in [3.8, 4) is 5.88 Å². The lowest BCUT2D eigenvalue weighted by atomic mass is 10.2. The molecule has 0 amide bonds. The van der Waals surface area contributed by atoms with E-state index in [1.54, 1.807) is 11.8 Å². The lowest BCUT2D eigenvalue weighted by Crippen LogP contribution is -2.13. The fourth-order valence-electron chi connectivity index (χ4n) is 1.81. The highest BCUT2D eigenvalue weighted by atomic mass is 32.2. The Kier molecular flexibility index (Phi) is 2.69. The zero-order valence-corrected chi connectivity index (χ0v) is 9.52. The van der Waals surface area contributed by atoms with Crippen LogP contribution < -0.4 is 10.1 Å². The first-order chi connectivity index (χ1) is 6.74. The fourth-order valence-corrected chi connectivity index (χ4v) is 2.95. The van der Waals surface area contributed by atoms with Gasteiger partial charge in [0.2, 0.25) is 5.88 Å². The summed E-state index contributed by atoms with van der Waals surface area (Å²) >= 11 is 1.91. The molecule has 4 nitrogen and oxygen atoms in total. The minimum absolute atomic E-state index is 0.346. The number of thioether (sulfide) groups is 1. The first kappa shape index (κ1) is 9.86. The van der Waals surface area contributed by atoms with Crippen LogP contribution in [0.25, 0.3) is 0 Å². The molecule has 1 saturated heterocycles. The van der Waals surface area contributed by atoms with Crippen LogP contribution in [-0.2, 0) is 7.05 Å². The van der Waals surface area contributed by atoms with E-state index >= 15 is 0 Å². The van der Waals surface area contributed by atoms with Gasteiger partial charge in [-0.15, -0.1) is 11.8 Å². The SMILES string of the molecule is COc1c(C2NCCS2)c(C)nn1C. The Hall–Kier alpha value is -0.680. The van der Waals surface area contributed by atoms with Gasteiger partial charge in [0, 0.05) is 19.3 Å². The third-order valence-corrected chi connectivity index (χ3v) is 3.56. The molecule has 0 aliphatic carbocycles. The van der Waals surface area contributed by atoms with Gasteiger partial charge in [0.15, 0.2) is 0 Å². The highest BCUT2D eigenvalue weighted by molar-refractivity contribution is 7.99. The molecule has 0 saturated carbocycles. The predicted molar refractivity (Wildman–Crippen MR) is 57.7 cm³/mol. The first-order valence-corrected chi connectivity index (χ1v) is 5.71. The summed E-state index contributed by atoms with van der Waals surface area (Å²) in [6.07, 6.45) is 0. The van der Waals surface area contributed by atoms with Crippen LogP contribution in [0.3, 0.4) is 0 Å². The standard InChI is InChI=1S/C9H15N3OS/c1-6-7(8-10-4-5-14-8)9(13-3)12(2)11-6/h8,10H,4-5H2,1-3H3. The third-order valence-electron chi connectivity index (χ3n) is 2.39. The van der Waals surface area contributed by atoms with Gasteiger partial charge in [-0.1, -0.05) is 0 Å². The Bertz CT molecular complexity index is 331. The molecule has 78 valence electrons. The maximum Gasteiger partial charge on any atom is 0.217 e. The van der Waals surface area contributed by atoms with E-state index in [1.165, 1.54) is 5.56 Å². The molecule has 5 heteroatoms. The summed E-state index contributed by atoms with van der Waals surface area (Å²) in [7, 11) is 3.61. The van der Waals surface area contributed by atoms with Gasteiger partial charge in [0.1, 0.15) is 0 Å². The van der Waals surface area contributed by atoms with Gasteiger partial charge in [0.25, 0.3) is 0 Å². The Morgan fingerprint density at radius 3 is 3.00 bits per heavy atom. The number of ether oxygens (including phenoxy) is 1. The van der Waals surface area contributed by atoms with Crippen LogP contribution in [0.15, 0.2) is 0 Å². The number of rotatable bonds is 2. The molecular weight excluding hydrogens is 198 g/mol. The molecule has 1 aromatic heterocycles. The number of aryl methyl sites for hydroxylation is 2. The molecule has 1 aliphatic rings. The molecule has 14 heavy (non-hydrogen) atoms. The summed E-state index contributed by atoms with van der Waals surface area (Å²) in [4.78, 5) is 0. The van der Waals surface area contributed by atoms with E-state index in [2.05, 4.69) is 10.4 Å². The molecule has 1 aliphatic heterocycles. The van der Waals surface area contributed by atoms with Crippen molar-refractivity contribution < 1.29 is 4.74 Å². The molecule has 0 spiro atoms. The summed E-state index contributed by atoms with van der Waals surface area (Å²) in [6, 6.07) is 0. The molecule has 1 unspecified atom stereocenters. The van der Waals surface area contributed by atoms with Crippen molar-refractivity contribution in [1.29, 1.82) is 0 Å². The van der Waals surface area contributed by atoms with Crippen molar-refractivity contribution in [2.24, 2.45) is 7.05 Å². The van der Waals surface area contributed by atoms with Crippen LogP contribution >= 0.6 is 11.8 Å². The highest BCUT2D eigenvalue weighted by Crippen LogP contribution is 2.37. The van der Waals surface area contributed by atoms with Crippen LogP contribution in [0.5, 0.6) is 5.88 Å². The van der Waals surface area contributed by atoms with Crippen LogP contribution in [0.1, 0.15) is 16.6 Å². The molecule has 0 bridgehead atoms. The van der Waals surface area contributed by atoms with Gasteiger partial charge in [-0.2, -0.15) is 5.10 Å². The van der Waals surface area contributed by atoms with Gasteiger partial charge >= 0.3 is 0 Å². The maximum absolute atomic E-state index is 5.36. The number of methoxy groups -OCH3 is 1. The summed E-state index contributed by atoms with van der Waals surface area (Å²) < 4.78 is 7.15. The topological polar surface area (TPSA) is 39.1 Å². The van der Waals surface area contributed by atoms with Gasteiger partial charge in [-0.3, -0.25) is 0 Å². The molecule has 1 aromatic rings. The average molecular weight is 213 g/mol. The Labute approximate surface area is 88.0 Å². The quantitative estimate of drug-likeness (QED) is 0.797. The fraction of sp³-hybridized carbons (Fsp3) is 0.667. The Balaban J connectivity index is 2.38. The van der Waals surface area contributed by atoms with Crippen molar-refractivity contribution >= 4 is 11.8 Å². The second kappa shape index (κ2) is 3.82. The predicted octanol–water partition coefficient (Wildman–Crippen LogP) is 1.07. The van der Waals surface area contributed by atoms with Crippen molar-refractivity contribution in [2.75, 3.05) is 19.4 Å². The molecule has 2 rings (SSSR count). The first-order valence-electron chi connectivity index (χ1n) is 4.66. The lowest BCUT2D eigenvalue weighted by Gasteiger charge is -2.10. The summed E-state index contributed by atoms with van der Waals surface area (Å²) in [6.45, 7) is 3.09. The average Bonchev–Trinajstić information content (AvgIpc) is 2.72. The van der Waals surface area contributed by atoms with Crippen LogP contribution in [0.2, 0.25) is 0 Å². The number of nitrogens with one attached hydrogen (secondary N) is 1. The zero-order valence-electron chi connectivity index (χ0n) is 8.70.